The van der Waals surface area contributed by atoms with Gasteiger partial charge in [0.25, 0.3) is 0 Å². The summed E-state index contributed by atoms with van der Waals surface area (Å²) in [6, 6.07) is 9.09. The first kappa shape index (κ1) is 16.6. The van der Waals surface area contributed by atoms with Gasteiger partial charge < -0.3 is 13.9 Å². The molecule has 0 spiro atoms. The number of methoxy groups -OCH3 is 1. The zero-order valence-corrected chi connectivity index (χ0v) is 14.8. The summed E-state index contributed by atoms with van der Waals surface area (Å²) < 4.78 is 16.7. The van der Waals surface area contributed by atoms with Crippen molar-refractivity contribution in [3.63, 3.8) is 0 Å². The van der Waals surface area contributed by atoms with E-state index in [1.165, 1.54) is 0 Å². The smallest absolute Gasteiger partial charge is 0.344 e. The molecule has 4 rings (SSSR count). The van der Waals surface area contributed by atoms with Gasteiger partial charge in [-0.05, 0) is 56.5 Å². The highest BCUT2D eigenvalue weighted by Crippen LogP contribution is 2.33. The van der Waals surface area contributed by atoms with Crippen LogP contribution in [-0.4, -0.2) is 19.0 Å². The predicted octanol–water partition coefficient (Wildman–Crippen LogP) is 4.15. The minimum absolute atomic E-state index is 0.141. The molecule has 0 aliphatic heterocycles. The predicted molar refractivity (Wildman–Crippen MR) is 99.2 cm³/mol. The van der Waals surface area contributed by atoms with Gasteiger partial charge in [0.2, 0.25) is 0 Å². The molecule has 1 fully saturated rings. The van der Waals surface area contributed by atoms with Gasteiger partial charge in [-0.15, -0.1) is 0 Å². The van der Waals surface area contributed by atoms with Crippen molar-refractivity contribution in [3.8, 4) is 11.5 Å². The molecule has 134 valence electrons. The maximum Gasteiger partial charge on any atom is 0.344 e. The topological polar surface area (TPSA) is 65.7 Å². The van der Waals surface area contributed by atoms with Crippen LogP contribution in [-0.2, 0) is 4.79 Å². The monoisotopic (exact) mass is 352 g/mol. The van der Waals surface area contributed by atoms with Gasteiger partial charge in [0, 0.05) is 22.8 Å². The molecule has 2 aromatic carbocycles. The van der Waals surface area contributed by atoms with Crippen LogP contribution < -0.4 is 15.1 Å². The maximum absolute atomic E-state index is 12.4. The fourth-order valence-corrected chi connectivity index (χ4v) is 3.58. The summed E-state index contributed by atoms with van der Waals surface area (Å²) in [6.07, 6.45) is 2.82. The van der Waals surface area contributed by atoms with Crippen molar-refractivity contribution >= 4 is 27.5 Å². The van der Waals surface area contributed by atoms with Crippen LogP contribution in [0.4, 0.5) is 0 Å². The van der Waals surface area contributed by atoms with Crippen LogP contribution >= 0.6 is 0 Å². The highest BCUT2D eigenvalue weighted by Gasteiger charge is 2.25. The fourth-order valence-electron chi connectivity index (χ4n) is 3.58. The lowest BCUT2D eigenvalue weighted by Crippen LogP contribution is -2.30. The Morgan fingerprint density at radius 2 is 1.85 bits per heavy atom. The maximum atomic E-state index is 12.4. The van der Waals surface area contributed by atoms with Gasteiger partial charge in [-0.25, -0.2) is 4.79 Å². The number of hydrogen-bond donors (Lipinski definition) is 0. The van der Waals surface area contributed by atoms with Crippen molar-refractivity contribution in [3.05, 3.63) is 46.3 Å². The van der Waals surface area contributed by atoms with Gasteiger partial charge in [-0.2, -0.15) is 0 Å². The van der Waals surface area contributed by atoms with Crippen molar-refractivity contribution in [2.24, 2.45) is 0 Å². The van der Waals surface area contributed by atoms with E-state index in [-0.39, 0.29) is 5.78 Å². The summed E-state index contributed by atoms with van der Waals surface area (Å²) in [4.78, 5) is 24.5. The molecule has 0 radical (unpaired) electrons. The number of carbonyl (C=O) groups excluding carboxylic acids is 1. The Bertz CT molecular complexity index is 1060. The normalized spacial score (nSPS) is 17.6. The Balaban J connectivity index is 1.84. The van der Waals surface area contributed by atoms with Crippen molar-refractivity contribution in [2.45, 2.75) is 38.7 Å². The molecule has 26 heavy (non-hydrogen) atoms. The number of benzene rings is 2. The highest BCUT2D eigenvalue weighted by atomic mass is 16.5. The molecule has 5 nitrogen and oxygen atoms in total. The lowest BCUT2D eigenvalue weighted by atomic mass is 9.96. The van der Waals surface area contributed by atoms with Gasteiger partial charge >= 0.3 is 5.63 Å². The molecule has 3 aromatic rings. The Hall–Kier alpha value is -2.82. The van der Waals surface area contributed by atoms with E-state index in [0.717, 1.165) is 35.6 Å². The third-order valence-electron chi connectivity index (χ3n) is 5.06. The summed E-state index contributed by atoms with van der Waals surface area (Å²) in [7, 11) is 1.56. The van der Waals surface area contributed by atoms with Crippen LogP contribution in [0.3, 0.4) is 0 Å². The molecule has 0 amide bonds. The van der Waals surface area contributed by atoms with Crippen molar-refractivity contribution in [1.82, 2.24) is 0 Å². The van der Waals surface area contributed by atoms with Crippen LogP contribution in [0.2, 0.25) is 0 Å². The van der Waals surface area contributed by atoms with E-state index in [9.17, 15) is 9.59 Å². The Morgan fingerprint density at radius 3 is 2.62 bits per heavy atom. The molecule has 1 aliphatic rings. The average molecular weight is 352 g/mol. The third kappa shape index (κ3) is 2.73. The Morgan fingerprint density at radius 1 is 1.04 bits per heavy atom. The SMILES string of the molecule is COc1ccc2c(c1)c(=O)oc1c(C)c(O[C@@H]3CCCCC3=O)ccc12. The first-order chi connectivity index (χ1) is 12.6. The van der Waals surface area contributed by atoms with E-state index >= 15 is 0 Å². The van der Waals surface area contributed by atoms with Gasteiger partial charge in [0.1, 0.15) is 17.1 Å². The summed E-state index contributed by atoms with van der Waals surface area (Å²) in [5, 5.41) is 2.12. The first-order valence-corrected chi connectivity index (χ1v) is 8.82. The van der Waals surface area contributed by atoms with Gasteiger partial charge in [-0.1, -0.05) is 0 Å². The van der Waals surface area contributed by atoms with Crippen molar-refractivity contribution in [2.75, 3.05) is 7.11 Å². The standard InChI is InChI=1S/C21H20O5/c1-12-18(25-19-6-4-3-5-17(19)22)10-9-15-14-8-7-13(24-2)11-16(14)21(23)26-20(12)15/h7-11,19H,3-6H2,1-2H3/t19-/m1/s1. The van der Waals surface area contributed by atoms with Crippen molar-refractivity contribution in [1.29, 1.82) is 0 Å². The fraction of sp³-hybridized carbons (Fsp3) is 0.333. The Kier molecular flexibility index (Phi) is 4.15. The molecule has 5 heteroatoms. The second kappa shape index (κ2) is 6.48. The van der Waals surface area contributed by atoms with E-state index in [1.54, 1.807) is 13.2 Å². The lowest BCUT2D eigenvalue weighted by Gasteiger charge is -2.23. The summed E-state index contributed by atoms with van der Waals surface area (Å²) in [5.41, 5.74) is 0.810. The summed E-state index contributed by atoms with van der Waals surface area (Å²) in [5.74, 6) is 1.34. The molecule has 1 aromatic heterocycles. The van der Waals surface area contributed by atoms with Gasteiger partial charge in [0.15, 0.2) is 11.9 Å². The number of ketones is 1. The Labute approximate surface area is 150 Å². The molecule has 1 atom stereocenters. The van der Waals surface area contributed by atoms with Gasteiger partial charge in [-0.3, -0.25) is 4.79 Å². The van der Waals surface area contributed by atoms with Crippen LogP contribution in [0.25, 0.3) is 21.7 Å². The largest absolute Gasteiger partial charge is 0.497 e. The number of rotatable bonds is 3. The van der Waals surface area contributed by atoms with Crippen molar-refractivity contribution < 1.29 is 18.7 Å². The second-order valence-electron chi connectivity index (χ2n) is 6.69. The number of ether oxygens (including phenoxy) is 2. The van der Waals surface area contributed by atoms with E-state index in [0.29, 0.717) is 28.9 Å². The van der Waals surface area contributed by atoms with Gasteiger partial charge in [0.05, 0.1) is 12.5 Å². The van der Waals surface area contributed by atoms with Crippen LogP contribution in [0.5, 0.6) is 11.5 Å². The zero-order valence-electron chi connectivity index (χ0n) is 14.8. The lowest BCUT2D eigenvalue weighted by molar-refractivity contribution is -0.127. The molecule has 0 saturated heterocycles. The second-order valence-corrected chi connectivity index (χ2v) is 6.69. The number of carbonyl (C=O) groups is 1. The number of hydrogen-bond acceptors (Lipinski definition) is 5. The minimum atomic E-state index is -0.416. The average Bonchev–Trinajstić information content (AvgIpc) is 2.66. The third-order valence-corrected chi connectivity index (χ3v) is 5.06. The van der Waals surface area contributed by atoms with E-state index < -0.39 is 11.7 Å². The molecule has 0 unspecified atom stereocenters. The first-order valence-electron chi connectivity index (χ1n) is 8.82. The molecular formula is C21H20O5. The van der Waals surface area contributed by atoms with Crippen LogP contribution in [0.1, 0.15) is 31.2 Å². The minimum Gasteiger partial charge on any atom is -0.497 e. The molecule has 1 heterocycles. The summed E-state index contributed by atoms with van der Waals surface area (Å²) >= 11 is 0. The zero-order chi connectivity index (χ0) is 18.3. The molecule has 1 aliphatic carbocycles. The van der Waals surface area contributed by atoms with Crippen LogP contribution in [0.15, 0.2) is 39.5 Å². The van der Waals surface area contributed by atoms with E-state index in [1.807, 2.05) is 31.2 Å². The summed E-state index contributed by atoms with van der Waals surface area (Å²) in [6.45, 7) is 1.85. The molecule has 0 bridgehead atoms. The highest BCUT2D eigenvalue weighted by molar-refractivity contribution is 6.06. The molecule has 1 saturated carbocycles. The quantitative estimate of drug-likeness (QED) is 0.523. The number of fused-ring (bicyclic) bond motifs is 3. The molecule has 0 N–H and O–H groups in total. The number of Topliss-reactive ketones (excluding diaryl/α,β-unsaturated/α-hetero) is 1. The number of aryl methyl sites for hydroxylation is 1. The van der Waals surface area contributed by atoms with E-state index in [2.05, 4.69) is 0 Å². The molecular weight excluding hydrogens is 332 g/mol. The van der Waals surface area contributed by atoms with Crippen LogP contribution in [0, 0.1) is 6.92 Å². The van der Waals surface area contributed by atoms with E-state index in [4.69, 9.17) is 13.9 Å².